The number of nitrogens with two attached hydrogens (primary N) is 1. The van der Waals surface area contributed by atoms with Crippen LogP contribution in [-0.4, -0.2) is 47.0 Å². The Bertz CT molecular complexity index is 690. The molecule has 1 atom stereocenters. The maximum Gasteiger partial charge on any atom is 0.267 e. The summed E-state index contributed by atoms with van der Waals surface area (Å²) in [7, 11) is 2.07. The van der Waals surface area contributed by atoms with Crippen LogP contribution in [0.15, 0.2) is 36.4 Å². The quantitative estimate of drug-likeness (QED) is 0.929. The van der Waals surface area contributed by atoms with Crippen LogP contribution in [0.2, 0.25) is 0 Å². The molecule has 2 N–H and O–H groups in total. The van der Waals surface area contributed by atoms with E-state index in [4.69, 9.17) is 10.5 Å². The third-order valence-electron chi connectivity index (χ3n) is 3.86. The summed E-state index contributed by atoms with van der Waals surface area (Å²) >= 11 is 0. The van der Waals surface area contributed by atoms with Crippen LogP contribution in [-0.2, 0) is 0 Å². The molecule has 0 aliphatic carbocycles. The summed E-state index contributed by atoms with van der Waals surface area (Å²) in [6.07, 6.45) is 2.12. The van der Waals surface area contributed by atoms with E-state index in [9.17, 15) is 4.79 Å². The van der Waals surface area contributed by atoms with Crippen molar-refractivity contribution in [2.24, 2.45) is 5.73 Å². The van der Waals surface area contributed by atoms with Gasteiger partial charge in [-0.3, -0.25) is 4.79 Å². The average Bonchev–Trinajstić information content (AvgIpc) is 2.55. The van der Waals surface area contributed by atoms with Gasteiger partial charge in [0.15, 0.2) is 5.82 Å². The Labute approximate surface area is 135 Å². The number of benzene rings is 1. The highest BCUT2D eigenvalue weighted by atomic mass is 16.5. The lowest BCUT2D eigenvalue weighted by Gasteiger charge is -2.29. The number of primary amides is 1. The highest BCUT2D eigenvalue weighted by Crippen LogP contribution is 2.21. The SMILES string of the molecule is CN1CCCC(Oc2cc(C(N)=O)nc(-c3ccccc3)n2)C1. The first-order chi connectivity index (χ1) is 11.1. The van der Waals surface area contributed by atoms with Crippen molar-refractivity contribution in [3.8, 4) is 17.3 Å². The van der Waals surface area contributed by atoms with Gasteiger partial charge in [0.05, 0.1) is 0 Å². The first-order valence-electron chi connectivity index (χ1n) is 7.71. The standard InChI is InChI=1S/C17H20N4O2/c1-21-9-5-8-13(11-21)23-15-10-14(16(18)22)19-17(20-15)12-6-3-2-4-7-12/h2-4,6-7,10,13H,5,8-9,11H2,1H3,(H2,18,22). The van der Waals surface area contributed by atoms with Crippen molar-refractivity contribution in [3.63, 3.8) is 0 Å². The van der Waals surface area contributed by atoms with Gasteiger partial charge in [0.1, 0.15) is 11.8 Å². The van der Waals surface area contributed by atoms with E-state index in [0.29, 0.717) is 11.7 Å². The largest absolute Gasteiger partial charge is 0.473 e. The smallest absolute Gasteiger partial charge is 0.267 e. The second kappa shape index (κ2) is 6.75. The first-order valence-corrected chi connectivity index (χ1v) is 7.71. The van der Waals surface area contributed by atoms with Gasteiger partial charge in [-0.25, -0.2) is 4.98 Å². The Hall–Kier alpha value is -2.47. The van der Waals surface area contributed by atoms with Gasteiger partial charge in [0, 0.05) is 18.2 Å². The van der Waals surface area contributed by atoms with Crippen molar-refractivity contribution in [3.05, 3.63) is 42.1 Å². The third kappa shape index (κ3) is 3.84. The number of likely N-dealkylation sites (tertiary alicyclic amines) is 1. The normalized spacial score (nSPS) is 18.6. The van der Waals surface area contributed by atoms with Crippen molar-refractivity contribution in [2.75, 3.05) is 20.1 Å². The molecule has 120 valence electrons. The highest BCUT2D eigenvalue weighted by Gasteiger charge is 2.20. The summed E-state index contributed by atoms with van der Waals surface area (Å²) in [4.78, 5) is 22.5. The average molecular weight is 312 g/mol. The van der Waals surface area contributed by atoms with Gasteiger partial charge in [0.25, 0.3) is 5.91 Å². The van der Waals surface area contributed by atoms with Crippen LogP contribution in [0, 0.1) is 0 Å². The van der Waals surface area contributed by atoms with E-state index in [0.717, 1.165) is 31.5 Å². The van der Waals surface area contributed by atoms with E-state index in [-0.39, 0.29) is 11.8 Å². The molecule has 1 fully saturated rings. The topological polar surface area (TPSA) is 81.3 Å². The fourth-order valence-corrected chi connectivity index (χ4v) is 2.71. The Kier molecular flexibility index (Phi) is 4.52. The molecular formula is C17H20N4O2. The van der Waals surface area contributed by atoms with Crippen molar-refractivity contribution in [1.29, 1.82) is 0 Å². The second-order valence-corrected chi connectivity index (χ2v) is 5.79. The van der Waals surface area contributed by atoms with Gasteiger partial charge < -0.3 is 15.4 Å². The summed E-state index contributed by atoms with van der Waals surface area (Å²) < 4.78 is 5.98. The van der Waals surface area contributed by atoms with E-state index >= 15 is 0 Å². The Morgan fingerprint density at radius 2 is 2.09 bits per heavy atom. The van der Waals surface area contributed by atoms with Crippen LogP contribution >= 0.6 is 0 Å². The zero-order chi connectivity index (χ0) is 16.2. The molecular weight excluding hydrogens is 292 g/mol. The van der Waals surface area contributed by atoms with Crippen LogP contribution in [0.3, 0.4) is 0 Å². The number of carbonyl (C=O) groups is 1. The predicted octanol–water partition coefficient (Wildman–Crippen LogP) is 1.72. The number of ether oxygens (including phenoxy) is 1. The summed E-state index contributed by atoms with van der Waals surface area (Å²) in [5, 5.41) is 0. The summed E-state index contributed by atoms with van der Waals surface area (Å²) in [6.45, 7) is 1.92. The van der Waals surface area contributed by atoms with Crippen molar-refractivity contribution < 1.29 is 9.53 Å². The minimum atomic E-state index is -0.588. The number of rotatable bonds is 4. The van der Waals surface area contributed by atoms with Gasteiger partial charge in [-0.1, -0.05) is 30.3 Å². The lowest BCUT2D eigenvalue weighted by Crippen LogP contribution is -2.38. The van der Waals surface area contributed by atoms with Crippen molar-refractivity contribution >= 4 is 5.91 Å². The number of piperidine rings is 1. The maximum atomic E-state index is 11.5. The minimum Gasteiger partial charge on any atom is -0.473 e. The molecule has 2 heterocycles. The molecule has 1 amide bonds. The Morgan fingerprint density at radius 3 is 2.78 bits per heavy atom. The van der Waals surface area contributed by atoms with Crippen LogP contribution < -0.4 is 10.5 Å². The van der Waals surface area contributed by atoms with Crippen LogP contribution in [0.1, 0.15) is 23.3 Å². The van der Waals surface area contributed by atoms with Crippen molar-refractivity contribution in [1.82, 2.24) is 14.9 Å². The van der Waals surface area contributed by atoms with Crippen LogP contribution in [0.25, 0.3) is 11.4 Å². The fraction of sp³-hybridized carbons (Fsp3) is 0.353. The summed E-state index contributed by atoms with van der Waals surface area (Å²) in [6, 6.07) is 11.0. The van der Waals surface area contributed by atoms with Crippen LogP contribution in [0.4, 0.5) is 0 Å². The number of hydrogen-bond donors (Lipinski definition) is 1. The first kappa shape index (κ1) is 15.4. The van der Waals surface area contributed by atoms with E-state index < -0.39 is 5.91 Å². The van der Waals surface area contributed by atoms with Gasteiger partial charge in [-0.2, -0.15) is 4.98 Å². The number of carbonyl (C=O) groups excluding carboxylic acids is 1. The molecule has 6 nitrogen and oxygen atoms in total. The molecule has 0 saturated carbocycles. The molecule has 1 aromatic heterocycles. The molecule has 3 rings (SSSR count). The van der Waals surface area contributed by atoms with E-state index in [1.807, 2.05) is 30.3 Å². The number of amides is 1. The predicted molar refractivity (Wildman–Crippen MR) is 87.1 cm³/mol. The molecule has 0 spiro atoms. The monoisotopic (exact) mass is 312 g/mol. The molecule has 0 bridgehead atoms. The molecule has 0 radical (unpaired) electrons. The number of aromatic nitrogens is 2. The third-order valence-corrected chi connectivity index (χ3v) is 3.86. The zero-order valence-corrected chi connectivity index (χ0v) is 13.1. The van der Waals surface area contributed by atoms with Gasteiger partial charge >= 0.3 is 0 Å². The van der Waals surface area contributed by atoms with Crippen molar-refractivity contribution in [2.45, 2.75) is 18.9 Å². The Balaban J connectivity index is 1.90. The molecule has 1 aromatic carbocycles. The fourth-order valence-electron chi connectivity index (χ4n) is 2.71. The second-order valence-electron chi connectivity index (χ2n) is 5.79. The van der Waals surface area contributed by atoms with Gasteiger partial charge in [-0.05, 0) is 26.4 Å². The number of nitrogens with zero attached hydrogens (tertiary/aromatic N) is 3. The minimum absolute atomic E-state index is 0.0630. The molecule has 23 heavy (non-hydrogen) atoms. The number of hydrogen-bond acceptors (Lipinski definition) is 5. The molecule has 6 heteroatoms. The Morgan fingerprint density at radius 1 is 1.30 bits per heavy atom. The van der Waals surface area contributed by atoms with E-state index in [2.05, 4.69) is 21.9 Å². The zero-order valence-electron chi connectivity index (χ0n) is 13.1. The van der Waals surface area contributed by atoms with Gasteiger partial charge in [-0.15, -0.1) is 0 Å². The molecule has 2 aromatic rings. The summed E-state index contributed by atoms with van der Waals surface area (Å²) in [5.41, 5.74) is 6.38. The molecule has 1 saturated heterocycles. The maximum absolute atomic E-state index is 11.5. The molecule has 1 aliphatic heterocycles. The highest BCUT2D eigenvalue weighted by molar-refractivity contribution is 5.91. The van der Waals surface area contributed by atoms with E-state index in [1.54, 1.807) is 0 Å². The van der Waals surface area contributed by atoms with E-state index in [1.165, 1.54) is 6.07 Å². The lowest BCUT2D eigenvalue weighted by molar-refractivity contribution is 0.0968. The van der Waals surface area contributed by atoms with Gasteiger partial charge in [0.2, 0.25) is 5.88 Å². The number of likely N-dealkylation sites (N-methyl/N-ethyl adjacent to an activating group) is 1. The molecule has 1 unspecified atom stereocenters. The lowest BCUT2D eigenvalue weighted by atomic mass is 10.1. The molecule has 1 aliphatic rings. The van der Waals surface area contributed by atoms with Crippen LogP contribution in [0.5, 0.6) is 5.88 Å². The summed E-state index contributed by atoms with van der Waals surface area (Å²) in [5.74, 6) is 0.254.